The summed E-state index contributed by atoms with van der Waals surface area (Å²) in [5.41, 5.74) is 6.51. The molecule has 0 saturated carbocycles. The molecule has 96 valence electrons. The van der Waals surface area contributed by atoms with E-state index in [2.05, 4.69) is 26.1 Å². The first-order valence-corrected chi connectivity index (χ1v) is 6.98. The van der Waals surface area contributed by atoms with E-state index in [1.54, 1.807) is 7.11 Å². The highest BCUT2D eigenvalue weighted by atomic mass is 79.9. The van der Waals surface area contributed by atoms with Crippen LogP contribution in [0.15, 0.2) is 32.3 Å². The molecule has 0 aliphatic heterocycles. The van der Waals surface area contributed by atoms with E-state index in [0.717, 1.165) is 15.8 Å². The van der Waals surface area contributed by atoms with Gasteiger partial charge in [-0.1, -0.05) is 27.7 Å². The van der Waals surface area contributed by atoms with Crippen LogP contribution in [0.5, 0.6) is 5.75 Å². The van der Waals surface area contributed by atoms with Crippen molar-refractivity contribution in [2.75, 3.05) is 7.11 Å². The van der Waals surface area contributed by atoms with Crippen molar-refractivity contribution in [2.24, 2.45) is 5.73 Å². The maximum Gasteiger partial charge on any atom is 0.276 e. The molecule has 1 aromatic heterocycles. The summed E-state index contributed by atoms with van der Waals surface area (Å²) in [6, 6.07) is 5.82. The van der Waals surface area contributed by atoms with Crippen LogP contribution in [-0.2, 0) is 12.3 Å². The van der Waals surface area contributed by atoms with Crippen LogP contribution < -0.4 is 10.5 Å². The zero-order valence-electron chi connectivity index (χ0n) is 9.72. The summed E-state index contributed by atoms with van der Waals surface area (Å²) in [6.45, 7) is 0.260. The third-order valence-corrected chi connectivity index (χ3v) is 3.87. The maximum atomic E-state index is 5.40. The Morgan fingerprint density at radius 1 is 1.44 bits per heavy atom. The molecule has 0 fully saturated rings. The number of hydrogen-bond acceptors (Lipinski definition) is 6. The zero-order chi connectivity index (χ0) is 13.0. The molecule has 2 aromatic rings. The van der Waals surface area contributed by atoms with E-state index in [1.807, 2.05) is 18.2 Å². The largest absolute Gasteiger partial charge is 0.497 e. The topological polar surface area (TPSA) is 74.2 Å². The number of rotatable bonds is 5. The van der Waals surface area contributed by atoms with Gasteiger partial charge in [0.15, 0.2) is 0 Å². The van der Waals surface area contributed by atoms with E-state index in [9.17, 15) is 0 Å². The summed E-state index contributed by atoms with van der Waals surface area (Å²) >= 11 is 4.96. The van der Waals surface area contributed by atoms with E-state index in [1.165, 1.54) is 11.8 Å². The van der Waals surface area contributed by atoms with Crippen LogP contribution in [0.25, 0.3) is 0 Å². The normalized spacial score (nSPS) is 10.6. The first kappa shape index (κ1) is 13.4. The molecule has 0 aliphatic rings. The van der Waals surface area contributed by atoms with Gasteiger partial charge in [0.2, 0.25) is 5.89 Å². The predicted octanol–water partition coefficient (Wildman–Crippen LogP) is 2.59. The average Bonchev–Trinajstić information content (AvgIpc) is 2.86. The number of benzene rings is 1. The lowest BCUT2D eigenvalue weighted by Gasteiger charge is -2.05. The van der Waals surface area contributed by atoms with E-state index in [-0.39, 0.29) is 6.54 Å². The van der Waals surface area contributed by atoms with Crippen LogP contribution >= 0.6 is 27.7 Å². The van der Waals surface area contributed by atoms with Crippen LogP contribution in [0.2, 0.25) is 0 Å². The molecule has 0 amide bonds. The summed E-state index contributed by atoms with van der Waals surface area (Å²) in [4.78, 5) is 0. The van der Waals surface area contributed by atoms with Gasteiger partial charge in [0.25, 0.3) is 5.22 Å². The number of thioether (sulfide) groups is 1. The van der Waals surface area contributed by atoms with Gasteiger partial charge in [-0.3, -0.25) is 0 Å². The third kappa shape index (κ3) is 3.24. The second-order valence-electron chi connectivity index (χ2n) is 3.41. The van der Waals surface area contributed by atoms with Crippen molar-refractivity contribution >= 4 is 27.7 Å². The lowest BCUT2D eigenvalue weighted by Crippen LogP contribution is -1.95. The number of nitrogens with zero attached hydrogens (tertiary/aromatic N) is 2. The number of methoxy groups -OCH3 is 1. The monoisotopic (exact) mass is 329 g/mol. The van der Waals surface area contributed by atoms with E-state index >= 15 is 0 Å². The second kappa shape index (κ2) is 6.21. The minimum absolute atomic E-state index is 0.260. The fourth-order valence-corrected chi connectivity index (χ4v) is 2.65. The Morgan fingerprint density at radius 2 is 2.28 bits per heavy atom. The van der Waals surface area contributed by atoms with Crippen LogP contribution in [-0.4, -0.2) is 17.3 Å². The minimum Gasteiger partial charge on any atom is -0.497 e. The molecule has 0 spiro atoms. The van der Waals surface area contributed by atoms with Crippen LogP contribution in [0.1, 0.15) is 11.5 Å². The molecule has 0 saturated heterocycles. The molecule has 0 bridgehead atoms. The van der Waals surface area contributed by atoms with Gasteiger partial charge >= 0.3 is 0 Å². The highest BCUT2D eigenvalue weighted by Crippen LogP contribution is 2.28. The molecule has 1 aromatic carbocycles. The van der Waals surface area contributed by atoms with Gasteiger partial charge in [-0.15, -0.1) is 10.2 Å². The van der Waals surface area contributed by atoms with Crippen molar-refractivity contribution in [3.05, 3.63) is 34.1 Å². The van der Waals surface area contributed by atoms with Crippen molar-refractivity contribution in [2.45, 2.75) is 17.5 Å². The molecule has 18 heavy (non-hydrogen) atoms. The lowest BCUT2D eigenvalue weighted by atomic mass is 10.2. The summed E-state index contributed by atoms with van der Waals surface area (Å²) in [7, 11) is 1.64. The fraction of sp³-hybridized carbons (Fsp3) is 0.273. The van der Waals surface area contributed by atoms with Crippen molar-refractivity contribution in [3.63, 3.8) is 0 Å². The van der Waals surface area contributed by atoms with Gasteiger partial charge in [-0.2, -0.15) is 0 Å². The Morgan fingerprint density at radius 3 is 2.94 bits per heavy atom. The van der Waals surface area contributed by atoms with Gasteiger partial charge in [0, 0.05) is 10.2 Å². The van der Waals surface area contributed by atoms with E-state index < -0.39 is 0 Å². The molecule has 0 unspecified atom stereocenters. The first-order valence-electron chi connectivity index (χ1n) is 5.20. The first-order chi connectivity index (χ1) is 8.72. The van der Waals surface area contributed by atoms with Gasteiger partial charge in [-0.05, 0) is 23.8 Å². The third-order valence-electron chi connectivity index (χ3n) is 2.23. The fourth-order valence-electron chi connectivity index (χ4n) is 1.31. The molecule has 0 aliphatic carbocycles. The molecule has 7 heteroatoms. The average molecular weight is 330 g/mol. The van der Waals surface area contributed by atoms with Crippen molar-refractivity contribution in [3.8, 4) is 5.75 Å². The number of aromatic nitrogens is 2. The van der Waals surface area contributed by atoms with Gasteiger partial charge in [-0.25, -0.2) is 0 Å². The number of halogens is 1. The van der Waals surface area contributed by atoms with Gasteiger partial charge in [0.1, 0.15) is 5.75 Å². The van der Waals surface area contributed by atoms with Crippen molar-refractivity contribution < 1.29 is 9.15 Å². The summed E-state index contributed by atoms with van der Waals surface area (Å²) in [5, 5.41) is 8.22. The molecule has 2 N–H and O–H groups in total. The van der Waals surface area contributed by atoms with Crippen molar-refractivity contribution in [1.29, 1.82) is 0 Å². The molecular formula is C11H12BrN3O2S. The minimum atomic E-state index is 0.260. The van der Waals surface area contributed by atoms with Gasteiger partial charge in [0.05, 0.1) is 13.7 Å². The Labute approximate surface area is 117 Å². The number of nitrogens with two attached hydrogens (primary N) is 1. The molecule has 0 radical (unpaired) electrons. The Balaban J connectivity index is 2.05. The number of ether oxygens (including phenoxy) is 1. The quantitative estimate of drug-likeness (QED) is 0.850. The summed E-state index contributed by atoms with van der Waals surface area (Å²) < 4.78 is 11.5. The smallest absolute Gasteiger partial charge is 0.276 e. The van der Waals surface area contributed by atoms with Gasteiger partial charge < -0.3 is 14.9 Å². The van der Waals surface area contributed by atoms with Crippen molar-refractivity contribution in [1.82, 2.24) is 10.2 Å². The maximum absolute atomic E-state index is 5.40. The Kier molecular flexibility index (Phi) is 4.62. The number of hydrogen-bond donors (Lipinski definition) is 1. The lowest BCUT2D eigenvalue weighted by molar-refractivity contribution is 0.413. The zero-order valence-corrected chi connectivity index (χ0v) is 12.1. The summed E-state index contributed by atoms with van der Waals surface area (Å²) in [6.07, 6.45) is 0. The molecule has 2 rings (SSSR count). The Bertz CT molecular complexity index is 533. The SMILES string of the molecule is COc1ccc(Br)c(CSc2nnc(CN)o2)c1. The highest BCUT2D eigenvalue weighted by Gasteiger charge is 2.08. The summed E-state index contributed by atoms with van der Waals surface area (Å²) in [5.74, 6) is 1.98. The second-order valence-corrected chi connectivity index (χ2v) is 5.19. The standard InChI is InChI=1S/C11H12BrN3O2S/c1-16-8-2-3-9(12)7(4-8)6-18-11-15-14-10(5-13)17-11/h2-4H,5-6,13H2,1H3. The van der Waals surface area contributed by atoms with E-state index in [4.69, 9.17) is 14.9 Å². The molecule has 0 atom stereocenters. The molecule has 1 heterocycles. The molecular weight excluding hydrogens is 318 g/mol. The van der Waals surface area contributed by atoms with Crippen LogP contribution in [0, 0.1) is 0 Å². The van der Waals surface area contributed by atoms with Crippen LogP contribution in [0.4, 0.5) is 0 Å². The van der Waals surface area contributed by atoms with E-state index in [0.29, 0.717) is 16.9 Å². The predicted molar refractivity (Wildman–Crippen MR) is 72.4 cm³/mol. The molecule has 5 nitrogen and oxygen atoms in total. The highest BCUT2D eigenvalue weighted by molar-refractivity contribution is 9.10. The van der Waals surface area contributed by atoms with Crippen LogP contribution in [0.3, 0.4) is 0 Å². The Hall–Kier alpha value is -1.05.